The zero-order chi connectivity index (χ0) is 11.9. The van der Waals surface area contributed by atoms with Gasteiger partial charge in [-0.05, 0) is 32.9 Å². The fraction of sp³-hybridized carbons (Fsp3) is 0.900. The Morgan fingerprint density at radius 3 is 2.67 bits per heavy atom. The van der Waals surface area contributed by atoms with E-state index in [1.54, 1.807) is 11.8 Å². The average molecular weight is 235 g/mol. The summed E-state index contributed by atoms with van der Waals surface area (Å²) in [5, 5.41) is 8.80. The zero-order valence-electron chi connectivity index (χ0n) is 9.66. The monoisotopic (exact) mass is 235 g/mol. The molecule has 0 bridgehead atoms. The minimum Gasteiger partial charge on any atom is -0.480 e. The van der Waals surface area contributed by atoms with E-state index in [2.05, 4.69) is 0 Å². The second kappa shape index (κ2) is 7.09. The number of ether oxygens (including phenoxy) is 1. The molecule has 5 heteroatoms. The van der Waals surface area contributed by atoms with Crippen molar-refractivity contribution in [2.24, 2.45) is 5.73 Å². The van der Waals surface area contributed by atoms with E-state index in [9.17, 15) is 4.79 Å². The number of hydrogen-bond donors (Lipinski definition) is 2. The average Bonchev–Trinajstić information content (AvgIpc) is 2.16. The third-order valence-electron chi connectivity index (χ3n) is 2.13. The van der Waals surface area contributed by atoms with Crippen LogP contribution in [0.5, 0.6) is 0 Å². The van der Waals surface area contributed by atoms with Gasteiger partial charge in [0, 0.05) is 18.0 Å². The van der Waals surface area contributed by atoms with Crippen molar-refractivity contribution in [1.29, 1.82) is 0 Å². The first-order valence-electron chi connectivity index (χ1n) is 5.12. The highest BCUT2D eigenvalue weighted by molar-refractivity contribution is 8.00. The van der Waals surface area contributed by atoms with Gasteiger partial charge in [0.2, 0.25) is 0 Å². The minimum atomic E-state index is -0.947. The maximum absolute atomic E-state index is 10.7. The van der Waals surface area contributed by atoms with Gasteiger partial charge in [0.25, 0.3) is 0 Å². The predicted molar refractivity (Wildman–Crippen MR) is 63.3 cm³/mol. The summed E-state index contributed by atoms with van der Waals surface area (Å²) < 4.78 is 4.76. The van der Waals surface area contributed by atoms with Crippen LogP contribution in [0.15, 0.2) is 0 Å². The number of nitrogens with two attached hydrogens (primary N) is 1. The standard InChI is InChI=1S/C10H21NO3S/c1-4-14-6-5-7-15-10(2,3)8(11)9(12)13/h8H,4-7,11H2,1-3H3,(H,12,13)/t8-/m1/s1. The van der Waals surface area contributed by atoms with Crippen molar-refractivity contribution >= 4 is 17.7 Å². The summed E-state index contributed by atoms with van der Waals surface area (Å²) in [6.07, 6.45) is 0.925. The van der Waals surface area contributed by atoms with Crippen molar-refractivity contribution < 1.29 is 14.6 Å². The molecule has 90 valence electrons. The van der Waals surface area contributed by atoms with Crippen LogP contribution < -0.4 is 5.73 Å². The van der Waals surface area contributed by atoms with Gasteiger partial charge in [-0.25, -0.2) is 0 Å². The second-order valence-corrected chi connectivity index (χ2v) is 5.57. The molecule has 0 amide bonds. The molecule has 0 radical (unpaired) electrons. The summed E-state index contributed by atoms with van der Waals surface area (Å²) in [7, 11) is 0. The lowest BCUT2D eigenvalue weighted by Gasteiger charge is -2.27. The van der Waals surface area contributed by atoms with Crippen LogP contribution in [0.25, 0.3) is 0 Å². The predicted octanol–water partition coefficient (Wildman–Crippen LogP) is 1.34. The Labute approximate surface area is 95.6 Å². The zero-order valence-corrected chi connectivity index (χ0v) is 10.5. The largest absolute Gasteiger partial charge is 0.480 e. The van der Waals surface area contributed by atoms with Crippen LogP contribution in [0.3, 0.4) is 0 Å². The van der Waals surface area contributed by atoms with Gasteiger partial charge in [-0.1, -0.05) is 0 Å². The summed E-state index contributed by atoms with van der Waals surface area (Å²) in [6, 6.07) is -0.824. The molecule has 15 heavy (non-hydrogen) atoms. The molecule has 0 unspecified atom stereocenters. The first-order chi connectivity index (χ1) is 6.91. The van der Waals surface area contributed by atoms with Gasteiger partial charge in [-0.3, -0.25) is 4.79 Å². The first kappa shape index (κ1) is 14.7. The topological polar surface area (TPSA) is 72.5 Å². The van der Waals surface area contributed by atoms with Crippen LogP contribution in [0.1, 0.15) is 27.2 Å². The number of rotatable bonds is 8. The number of hydrogen-bond acceptors (Lipinski definition) is 4. The number of carbonyl (C=O) groups is 1. The van der Waals surface area contributed by atoms with Crippen LogP contribution in [0, 0.1) is 0 Å². The highest BCUT2D eigenvalue weighted by atomic mass is 32.2. The highest BCUT2D eigenvalue weighted by Crippen LogP contribution is 2.27. The Morgan fingerprint density at radius 2 is 2.20 bits per heavy atom. The van der Waals surface area contributed by atoms with E-state index in [1.807, 2.05) is 20.8 Å². The summed E-state index contributed by atoms with van der Waals surface area (Å²) >= 11 is 1.58. The van der Waals surface area contributed by atoms with E-state index < -0.39 is 16.8 Å². The molecule has 1 atom stereocenters. The van der Waals surface area contributed by atoms with Gasteiger partial charge in [-0.2, -0.15) is 11.8 Å². The van der Waals surface area contributed by atoms with Crippen molar-refractivity contribution in [3.63, 3.8) is 0 Å². The summed E-state index contributed by atoms with van der Waals surface area (Å²) in [4.78, 5) is 10.7. The quantitative estimate of drug-likeness (QED) is 0.621. The van der Waals surface area contributed by atoms with E-state index in [1.165, 1.54) is 0 Å². The molecule has 0 aromatic heterocycles. The maximum Gasteiger partial charge on any atom is 0.321 e. The van der Waals surface area contributed by atoms with E-state index in [0.29, 0.717) is 0 Å². The van der Waals surface area contributed by atoms with Crippen molar-refractivity contribution in [3.8, 4) is 0 Å². The number of carboxylic acids is 1. The maximum atomic E-state index is 10.7. The molecule has 0 aliphatic carbocycles. The van der Waals surface area contributed by atoms with Gasteiger partial charge in [0.05, 0.1) is 0 Å². The first-order valence-corrected chi connectivity index (χ1v) is 6.10. The summed E-state index contributed by atoms with van der Waals surface area (Å²) in [6.45, 7) is 7.12. The van der Waals surface area contributed by atoms with Crippen LogP contribution in [0.2, 0.25) is 0 Å². The van der Waals surface area contributed by atoms with Crippen molar-refractivity contribution in [3.05, 3.63) is 0 Å². The fourth-order valence-electron chi connectivity index (χ4n) is 1.03. The van der Waals surface area contributed by atoms with Crippen LogP contribution in [0.4, 0.5) is 0 Å². The van der Waals surface area contributed by atoms with Crippen molar-refractivity contribution in [1.82, 2.24) is 0 Å². The molecule has 0 heterocycles. The molecule has 3 N–H and O–H groups in total. The lowest BCUT2D eigenvalue weighted by molar-refractivity contribution is -0.139. The van der Waals surface area contributed by atoms with Gasteiger partial charge < -0.3 is 15.6 Å². The molecule has 0 aliphatic heterocycles. The Morgan fingerprint density at radius 1 is 1.60 bits per heavy atom. The molecule has 0 aromatic rings. The van der Waals surface area contributed by atoms with Crippen molar-refractivity contribution in [2.45, 2.75) is 38.0 Å². The van der Waals surface area contributed by atoms with Crippen molar-refractivity contribution in [2.75, 3.05) is 19.0 Å². The molecule has 0 fully saturated rings. The third kappa shape index (κ3) is 6.02. The van der Waals surface area contributed by atoms with Crippen LogP contribution in [-0.4, -0.2) is 40.8 Å². The minimum absolute atomic E-state index is 0.432. The lowest BCUT2D eigenvalue weighted by Crippen LogP contribution is -2.46. The van der Waals surface area contributed by atoms with E-state index in [-0.39, 0.29) is 0 Å². The Hall–Kier alpha value is -0.260. The number of thioether (sulfide) groups is 1. The molecule has 0 aromatic carbocycles. The molecule has 0 spiro atoms. The summed E-state index contributed by atoms with van der Waals surface area (Å²) in [5.41, 5.74) is 5.58. The molecule has 0 rings (SSSR count). The van der Waals surface area contributed by atoms with E-state index >= 15 is 0 Å². The number of aliphatic carboxylic acids is 1. The second-order valence-electron chi connectivity index (χ2n) is 3.82. The lowest BCUT2D eigenvalue weighted by atomic mass is 10.1. The molecule has 0 aliphatic rings. The Kier molecular flexibility index (Phi) is 6.96. The fourth-order valence-corrected chi connectivity index (χ4v) is 2.10. The molecule has 0 saturated heterocycles. The van der Waals surface area contributed by atoms with Gasteiger partial charge in [-0.15, -0.1) is 0 Å². The molecular formula is C10H21NO3S. The van der Waals surface area contributed by atoms with Crippen LogP contribution in [-0.2, 0) is 9.53 Å². The van der Waals surface area contributed by atoms with Gasteiger partial charge in [0.15, 0.2) is 0 Å². The normalized spacial score (nSPS) is 13.9. The van der Waals surface area contributed by atoms with Crippen LogP contribution >= 0.6 is 11.8 Å². The smallest absolute Gasteiger partial charge is 0.321 e. The summed E-state index contributed by atoms with van der Waals surface area (Å²) in [5.74, 6) is -0.0779. The van der Waals surface area contributed by atoms with E-state index in [4.69, 9.17) is 15.6 Å². The Bertz CT molecular complexity index is 197. The third-order valence-corrected chi connectivity index (χ3v) is 3.62. The molecule has 4 nitrogen and oxygen atoms in total. The SMILES string of the molecule is CCOCCCSC(C)(C)[C@H](N)C(=O)O. The highest BCUT2D eigenvalue weighted by Gasteiger charge is 2.32. The Balaban J connectivity index is 3.78. The van der Waals surface area contributed by atoms with Gasteiger partial charge >= 0.3 is 5.97 Å². The number of carboxylic acid groups (broad SMARTS) is 1. The van der Waals surface area contributed by atoms with Gasteiger partial charge in [0.1, 0.15) is 6.04 Å². The molecular weight excluding hydrogens is 214 g/mol. The molecule has 0 saturated carbocycles. The van der Waals surface area contributed by atoms with E-state index in [0.717, 1.165) is 25.4 Å².